The monoisotopic (exact) mass is 506 g/mol. The zero-order valence-corrected chi connectivity index (χ0v) is 22.0. The summed E-state index contributed by atoms with van der Waals surface area (Å²) in [4.78, 5) is 31.3. The van der Waals surface area contributed by atoms with E-state index < -0.39 is 0 Å². The van der Waals surface area contributed by atoms with Crippen LogP contribution in [0.4, 0.5) is 5.82 Å². The molecule has 0 bridgehead atoms. The molecule has 182 valence electrons. The Kier molecular flexibility index (Phi) is 7.78. The number of thiocarbonyl (C=S) groups is 1. The van der Waals surface area contributed by atoms with E-state index in [4.69, 9.17) is 12.2 Å². The molecule has 6 nitrogen and oxygen atoms in total. The Balaban J connectivity index is 1.84. The number of amides is 1. The summed E-state index contributed by atoms with van der Waals surface area (Å²) in [5.41, 5.74) is 2.30. The normalized spacial score (nSPS) is 17.9. The zero-order valence-electron chi connectivity index (χ0n) is 20.4. The van der Waals surface area contributed by atoms with Crippen molar-refractivity contribution in [2.75, 3.05) is 18.0 Å². The number of unbranched alkanes of at least 4 members (excludes halogenated alkanes) is 1. The summed E-state index contributed by atoms with van der Waals surface area (Å²) in [7, 11) is 0. The number of aromatic nitrogens is 1. The van der Waals surface area contributed by atoms with Gasteiger partial charge in [0.2, 0.25) is 0 Å². The van der Waals surface area contributed by atoms with Gasteiger partial charge in [-0.05, 0) is 50.3 Å². The smallest absolute Gasteiger partial charge is 0.270 e. The van der Waals surface area contributed by atoms with Gasteiger partial charge in [-0.15, -0.1) is 0 Å². The number of hydrogen-bond acceptors (Lipinski definition) is 6. The summed E-state index contributed by atoms with van der Waals surface area (Å²) in [5, 5.41) is 9.83. The molecule has 0 spiro atoms. The Morgan fingerprint density at radius 3 is 2.51 bits per heavy atom. The molecule has 2 aliphatic rings. The van der Waals surface area contributed by atoms with E-state index in [1.165, 1.54) is 11.8 Å². The van der Waals surface area contributed by atoms with E-state index in [-0.39, 0.29) is 23.1 Å². The molecule has 1 amide bonds. The van der Waals surface area contributed by atoms with Gasteiger partial charge in [-0.2, -0.15) is 5.26 Å². The lowest BCUT2D eigenvalue weighted by atomic mass is 10.0. The Labute approximate surface area is 216 Å². The van der Waals surface area contributed by atoms with Gasteiger partial charge in [0.1, 0.15) is 21.8 Å². The summed E-state index contributed by atoms with van der Waals surface area (Å²) in [5.74, 6) is 0.673. The van der Waals surface area contributed by atoms with Gasteiger partial charge in [0.25, 0.3) is 11.5 Å². The number of thioether (sulfide) groups is 1. The molecule has 1 aromatic carbocycles. The molecule has 8 heteroatoms. The van der Waals surface area contributed by atoms with E-state index in [0.29, 0.717) is 21.3 Å². The minimum Gasteiger partial charge on any atom is -0.357 e. The minimum atomic E-state index is -0.247. The number of hydrogen-bond donors (Lipinski definition) is 0. The van der Waals surface area contributed by atoms with Gasteiger partial charge in [-0.3, -0.25) is 19.1 Å². The Bertz CT molecular complexity index is 1270. The SMILES string of the molecule is CCCCn1c(N2CCCC2)c(/C=C2/SC(=S)N(C(C)c3ccccc3)C2=O)c(C)c(C#N)c1=O. The minimum absolute atomic E-state index is 0.142. The number of nitrogens with zero attached hydrogens (tertiary/aromatic N) is 4. The highest BCUT2D eigenvalue weighted by Gasteiger charge is 2.36. The molecular weight excluding hydrogens is 476 g/mol. The third kappa shape index (κ3) is 4.80. The fourth-order valence-electron chi connectivity index (χ4n) is 4.76. The molecule has 0 radical (unpaired) electrons. The van der Waals surface area contributed by atoms with E-state index in [1.807, 2.05) is 50.3 Å². The number of carbonyl (C=O) groups excluding carboxylic acids is 1. The van der Waals surface area contributed by atoms with Crippen molar-refractivity contribution < 1.29 is 4.79 Å². The summed E-state index contributed by atoms with van der Waals surface area (Å²) in [6.07, 6.45) is 5.73. The highest BCUT2D eigenvalue weighted by molar-refractivity contribution is 8.26. The van der Waals surface area contributed by atoms with Crippen LogP contribution >= 0.6 is 24.0 Å². The van der Waals surface area contributed by atoms with Crippen LogP contribution in [-0.2, 0) is 11.3 Å². The molecule has 3 heterocycles. The first-order chi connectivity index (χ1) is 16.9. The molecule has 4 rings (SSSR count). The lowest BCUT2D eigenvalue weighted by Crippen LogP contribution is -2.33. The maximum absolute atomic E-state index is 13.6. The molecule has 35 heavy (non-hydrogen) atoms. The molecule has 1 aromatic heterocycles. The summed E-state index contributed by atoms with van der Waals surface area (Å²) >= 11 is 6.90. The van der Waals surface area contributed by atoms with Gasteiger partial charge in [0.05, 0.1) is 10.9 Å². The molecule has 1 unspecified atom stereocenters. The van der Waals surface area contributed by atoms with Crippen molar-refractivity contribution in [3.63, 3.8) is 0 Å². The van der Waals surface area contributed by atoms with Gasteiger partial charge in [0.15, 0.2) is 0 Å². The van der Waals surface area contributed by atoms with Crippen molar-refractivity contribution >= 4 is 46.1 Å². The molecule has 2 aromatic rings. The number of anilines is 1. The Hall–Kier alpha value is -2.89. The van der Waals surface area contributed by atoms with E-state index in [1.54, 1.807) is 9.47 Å². The van der Waals surface area contributed by atoms with Crippen molar-refractivity contribution in [1.82, 2.24) is 9.47 Å². The number of pyridine rings is 1. The number of carbonyl (C=O) groups is 1. The van der Waals surface area contributed by atoms with Crippen molar-refractivity contribution in [1.29, 1.82) is 5.26 Å². The average Bonchev–Trinajstić information content (AvgIpc) is 3.48. The van der Waals surface area contributed by atoms with Gasteiger partial charge in [0, 0.05) is 25.2 Å². The number of benzene rings is 1. The highest BCUT2D eigenvalue weighted by atomic mass is 32.2. The number of rotatable bonds is 7. The van der Waals surface area contributed by atoms with Crippen molar-refractivity contribution in [2.24, 2.45) is 0 Å². The fraction of sp³-hybridized carbons (Fsp3) is 0.407. The summed E-state index contributed by atoms with van der Waals surface area (Å²) < 4.78 is 2.26. The first kappa shape index (κ1) is 25.2. The lowest BCUT2D eigenvalue weighted by molar-refractivity contribution is -0.123. The Morgan fingerprint density at radius 2 is 1.89 bits per heavy atom. The van der Waals surface area contributed by atoms with Gasteiger partial charge in [-0.25, -0.2) is 0 Å². The van der Waals surface area contributed by atoms with Crippen LogP contribution < -0.4 is 10.5 Å². The van der Waals surface area contributed by atoms with Gasteiger partial charge >= 0.3 is 0 Å². The molecule has 2 fully saturated rings. The van der Waals surface area contributed by atoms with Crippen LogP contribution in [0.1, 0.15) is 67.8 Å². The van der Waals surface area contributed by atoms with Crippen LogP contribution in [0.25, 0.3) is 6.08 Å². The maximum Gasteiger partial charge on any atom is 0.270 e. The van der Waals surface area contributed by atoms with Crippen molar-refractivity contribution in [2.45, 2.75) is 59.0 Å². The third-order valence-corrected chi connectivity index (χ3v) is 8.09. The Morgan fingerprint density at radius 1 is 1.20 bits per heavy atom. The largest absolute Gasteiger partial charge is 0.357 e. The van der Waals surface area contributed by atoms with E-state index >= 15 is 0 Å². The summed E-state index contributed by atoms with van der Waals surface area (Å²) in [6.45, 7) is 8.11. The molecular formula is C27H30N4O2S2. The summed E-state index contributed by atoms with van der Waals surface area (Å²) in [6, 6.07) is 11.8. The van der Waals surface area contributed by atoms with Crippen molar-refractivity contribution in [3.8, 4) is 6.07 Å². The average molecular weight is 507 g/mol. The fourth-order valence-corrected chi connectivity index (χ4v) is 6.16. The lowest BCUT2D eigenvalue weighted by Gasteiger charge is -2.27. The third-order valence-electron chi connectivity index (χ3n) is 6.76. The van der Waals surface area contributed by atoms with Crippen molar-refractivity contribution in [3.05, 3.63) is 67.8 Å². The van der Waals surface area contributed by atoms with Gasteiger partial charge in [-0.1, -0.05) is 67.7 Å². The van der Waals surface area contributed by atoms with Crippen LogP contribution in [0.2, 0.25) is 0 Å². The second-order valence-electron chi connectivity index (χ2n) is 8.99. The van der Waals surface area contributed by atoms with Crippen LogP contribution in [0, 0.1) is 18.3 Å². The number of nitriles is 1. The van der Waals surface area contributed by atoms with Crippen LogP contribution in [0.5, 0.6) is 0 Å². The predicted molar refractivity (Wildman–Crippen MR) is 146 cm³/mol. The quantitative estimate of drug-likeness (QED) is 0.370. The molecule has 0 aliphatic carbocycles. The standard InChI is InChI=1S/C27H30N4O2S2/c1-4-5-15-30-24(29-13-9-10-14-29)21(18(2)22(17-28)25(30)32)16-23-26(33)31(27(34)35-23)19(3)20-11-7-6-8-12-20/h6-8,11-12,16,19H,4-5,9-10,13-15H2,1-3H3/b23-16+. The maximum atomic E-state index is 13.6. The first-order valence-electron chi connectivity index (χ1n) is 12.1. The van der Waals surface area contributed by atoms with Crippen LogP contribution in [0.15, 0.2) is 40.0 Å². The van der Waals surface area contributed by atoms with Crippen LogP contribution in [0.3, 0.4) is 0 Å². The van der Waals surface area contributed by atoms with E-state index in [2.05, 4.69) is 17.9 Å². The zero-order chi connectivity index (χ0) is 25.1. The molecule has 1 atom stereocenters. The van der Waals surface area contributed by atoms with E-state index in [9.17, 15) is 14.9 Å². The van der Waals surface area contributed by atoms with Gasteiger partial charge < -0.3 is 4.90 Å². The molecule has 2 saturated heterocycles. The second kappa shape index (κ2) is 10.8. The van der Waals surface area contributed by atoms with E-state index in [0.717, 1.165) is 55.7 Å². The predicted octanol–water partition coefficient (Wildman–Crippen LogP) is 5.39. The molecule has 0 N–H and O–H groups in total. The first-order valence-corrected chi connectivity index (χ1v) is 13.4. The highest BCUT2D eigenvalue weighted by Crippen LogP contribution is 2.40. The second-order valence-corrected chi connectivity index (χ2v) is 10.7. The molecule has 2 aliphatic heterocycles. The molecule has 0 saturated carbocycles. The van der Waals surface area contributed by atoms with Crippen LogP contribution in [-0.4, -0.2) is 32.8 Å². The topological polar surface area (TPSA) is 69.3 Å².